The predicted molar refractivity (Wildman–Crippen MR) is 126 cm³/mol. The molecule has 1 atom stereocenters. The number of furan rings is 1. The Morgan fingerprint density at radius 2 is 1.70 bits per heavy atom. The summed E-state index contributed by atoms with van der Waals surface area (Å²) in [6.45, 7) is 0.324. The monoisotopic (exact) mass is 497 g/mol. The maximum Gasteiger partial charge on any atom is 0.287 e. The molecule has 0 spiro atoms. The zero-order chi connectivity index (χ0) is 25.8. The Hall–Kier alpha value is -4.86. The Bertz CT molecular complexity index is 1520. The maximum absolute atomic E-state index is 12.8. The minimum Gasteiger partial charge on any atom is -0.447 e. The minimum absolute atomic E-state index is 0.0541. The number of carbonyl (C=O) groups is 6. The lowest BCUT2D eigenvalue weighted by atomic mass is 9.89. The molecule has 1 aliphatic carbocycles. The van der Waals surface area contributed by atoms with Gasteiger partial charge < -0.3 is 14.6 Å². The molecule has 3 heterocycles. The Balaban J connectivity index is 1.15. The number of nitrogens with zero attached hydrogens (tertiary/aromatic N) is 1. The number of piperidine rings is 1. The normalized spacial score (nSPS) is 18.3. The quantitative estimate of drug-likeness (QED) is 0.409. The van der Waals surface area contributed by atoms with Crippen LogP contribution >= 0.6 is 0 Å². The van der Waals surface area contributed by atoms with E-state index in [9.17, 15) is 28.8 Å². The summed E-state index contributed by atoms with van der Waals surface area (Å²) in [5.41, 5.74) is 2.45. The van der Waals surface area contributed by atoms with Crippen LogP contribution in [0.15, 0.2) is 52.9 Å². The smallest absolute Gasteiger partial charge is 0.287 e. The number of imide groups is 1. The van der Waals surface area contributed by atoms with Gasteiger partial charge in [-0.3, -0.25) is 34.1 Å². The van der Waals surface area contributed by atoms with Gasteiger partial charge in [-0.05, 0) is 23.6 Å². The van der Waals surface area contributed by atoms with Crippen molar-refractivity contribution >= 4 is 35.2 Å². The van der Waals surface area contributed by atoms with E-state index in [1.54, 1.807) is 42.5 Å². The highest BCUT2D eigenvalue weighted by Crippen LogP contribution is 2.30. The van der Waals surface area contributed by atoms with E-state index in [1.807, 2.05) is 0 Å². The molecule has 0 radical (unpaired) electrons. The van der Waals surface area contributed by atoms with Crippen LogP contribution in [-0.2, 0) is 22.7 Å². The lowest BCUT2D eigenvalue weighted by Crippen LogP contribution is -2.52. The van der Waals surface area contributed by atoms with Gasteiger partial charge >= 0.3 is 0 Å². The number of carbonyl (C=O) groups excluding carboxylic acids is 6. The number of amides is 4. The highest BCUT2D eigenvalue weighted by Gasteiger charge is 2.39. The van der Waals surface area contributed by atoms with Gasteiger partial charge in [0.2, 0.25) is 17.6 Å². The molecule has 2 N–H and O–H groups in total. The van der Waals surface area contributed by atoms with E-state index in [1.165, 1.54) is 11.0 Å². The van der Waals surface area contributed by atoms with Crippen molar-refractivity contribution in [3.8, 4) is 0 Å². The second-order valence-corrected chi connectivity index (χ2v) is 9.13. The first-order valence-corrected chi connectivity index (χ1v) is 11.7. The Labute approximate surface area is 209 Å². The summed E-state index contributed by atoms with van der Waals surface area (Å²) < 4.78 is 5.49. The fourth-order valence-electron chi connectivity index (χ4n) is 4.99. The molecule has 1 aromatic heterocycles. The van der Waals surface area contributed by atoms with Crippen molar-refractivity contribution < 1.29 is 33.2 Å². The summed E-state index contributed by atoms with van der Waals surface area (Å²) in [5.74, 6) is -2.84. The van der Waals surface area contributed by atoms with Crippen molar-refractivity contribution in [2.45, 2.75) is 32.0 Å². The van der Waals surface area contributed by atoms with Gasteiger partial charge in [-0.15, -0.1) is 0 Å². The molecule has 10 nitrogen and oxygen atoms in total. The summed E-state index contributed by atoms with van der Waals surface area (Å²) in [6, 6.07) is 12.1. The van der Waals surface area contributed by atoms with Crippen molar-refractivity contribution in [2.24, 2.45) is 0 Å². The predicted octanol–water partition coefficient (Wildman–Crippen LogP) is 1.75. The second-order valence-electron chi connectivity index (χ2n) is 9.13. The van der Waals surface area contributed by atoms with E-state index in [4.69, 9.17) is 4.42 Å². The first-order valence-electron chi connectivity index (χ1n) is 11.7. The molecular weight excluding hydrogens is 478 g/mol. The standard InChI is InChI=1S/C27H19N3O7/c31-21-8-7-19(25(34)29-21)30-12-14-9-13(5-6-15(14)27(30)36)11-28-26(35)20-10-18-22(32)16-3-1-2-4-17(16)23(33)24(18)37-20/h1-6,9-10,19H,7-8,11-12H2,(H,28,35)(H,29,31,34). The zero-order valence-electron chi connectivity index (χ0n) is 19.3. The largest absolute Gasteiger partial charge is 0.447 e. The maximum atomic E-state index is 12.8. The molecular formula is C27H19N3O7. The molecule has 0 bridgehead atoms. The third-order valence-electron chi connectivity index (χ3n) is 6.86. The molecule has 4 amide bonds. The molecule has 3 aromatic rings. The molecule has 10 heteroatoms. The van der Waals surface area contributed by atoms with Crippen molar-refractivity contribution in [3.05, 3.63) is 93.4 Å². The molecule has 2 aliphatic heterocycles. The topological polar surface area (TPSA) is 143 Å². The number of nitrogens with one attached hydrogen (secondary N) is 2. The second kappa shape index (κ2) is 8.37. The van der Waals surface area contributed by atoms with Crippen LogP contribution < -0.4 is 10.6 Å². The van der Waals surface area contributed by atoms with Gasteiger partial charge in [-0.2, -0.15) is 0 Å². The van der Waals surface area contributed by atoms with E-state index in [0.29, 0.717) is 16.7 Å². The third-order valence-corrected chi connectivity index (χ3v) is 6.86. The average molecular weight is 497 g/mol. The molecule has 1 unspecified atom stereocenters. The van der Waals surface area contributed by atoms with Crippen LogP contribution in [0.4, 0.5) is 0 Å². The van der Waals surface area contributed by atoms with Crippen LogP contribution in [0.1, 0.15) is 76.9 Å². The number of hydrogen-bond acceptors (Lipinski definition) is 7. The van der Waals surface area contributed by atoms with Gasteiger partial charge in [0.1, 0.15) is 6.04 Å². The number of fused-ring (bicyclic) bond motifs is 3. The van der Waals surface area contributed by atoms with Crippen LogP contribution in [0.25, 0.3) is 0 Å². The minimum atomic E-state index is -0.706. The van der Waals surface area contributed by atoms with Gasteiger partial charge in [0, 0.05) is 42.3 Å². The summed E-state index contributed by atoms with van der Waals surface area (Å²) >= 11 is 0. The fraction of sp³-hybridized carbons (Fsp3) is 0.185. The van der Waals surface area contributed by atoms with Gasteiger partial charge in [0.05, 0.1) is 5.56 Å². The van der Waals surface area contributed by atoms with Crippen LogP contribution in [0.5, 0.6) is 0 Å². The van der Waals surface area contributed by atoms with E-state index in [2.05, 4.69) is 10.6 Å². The highest BCUT2D eigenvalue weighted by molar-refractivity contribution is 6.27. The zero-order valence-corrected chi connectivity index (χ0v) is 19.3. The molecule has 2 aromatic carbocycles. The van der Waals surface area contributed by atoms with Crippen LogP contribution in [0, 0.1) is 0 Å². The first kappa shape index (κ1) is 22.6. The number of ketones is 2. The first-order chi connectivity index (χ1) is 17.8. The lowest BCUT2D eigenvalue weighted by Gasteiger charge is -2.29. The number of hydrogen-bond donors (Lipinski definition) is 2. The lowest BCUT2D eigenvalue weighted by molar-refractivity contribution is -0.136. The molecule has 6 rings (SSSR count). The Morgan fingerprint density at radius 1 is 0.946 bits per heavy atom. The molecule has 0 saturated carbocycles. The van der Waals surface area contributed by atoms with Gasteiger partial charge in [0.25, 0.3) is 11.8 Å². The van der Waals surface area contributed by atoms with E-state index in [-0.39, 0.29) is 71.7 Å². The molecule has 184 valence electrons. The highest BCUT2D eigenvalue weighted by atomic mass is 16.4. The molecule has 1 fully saturated rings. The summed E-state index contributed by atoms with van der Waals surface area (Å²) in [7, 11) is 0. The van der Waals surface area contributed by atoms with Crippen molar-refractivity contribution in [1.29, 1.82) is 0 Å². The SMILES string of the molecule is O=C1CCC(N2Cc3cc(CNC(=O)c4cc5c(o4)C(=O)c4ccccc4C5=O)ccc3C2=O)C(=O)N1. The Morgan fingerprint density at radius 3 is 2.46 bits per heavy atom. The molecule has 1 saturated heterocycles. The van der Waals surface area contributed by atoms with Crippen molar-refractivity contribution in [3.63, 3.8) is 0 Å². The third kappa shape index (κ3) is 3.65. The van der Waals surface area contributed by atoms with E-state index in [0.717, 1.165) is 0 Å². The molecule has 37 heavy (non-hydrogen) atoms. The van der Waals surface area contributed by atoms with E-state index < -0.39 is 23.6 Å². The van der Waals surface area contributed by atoms with Crippen LogP contribution in [0.2, 0.25) is 0 Å². The fourth-order valence-corrected chi connectivity index (χ4v) is 4.99. The van der Waals surface area contributed by atoms with Crippen molar-refractivity contribution in [2.75, 3.05) is 0 Å². The van der Waals surface area contributed by atoms with Gasteiger partial charge in [-0.25, -0.2) is 0 Å². The Kier molecular flexibility index (Phi) is 5.11. The van der Waals surface area contributed by atoms with Crippen LogP contribution in [-0.4, -0.2) is 46.1 Å². The van der Waals surface area contributed by atoms with Crippen molar-refractivity contribution in [1.82, 2.24) is 15.5 Å². The number of rotatable bonds is 4. The molecule has 3 aliphatic rings. The summed E-state index contributed by atoms with van der Waals surface area (Å²) in [4.78, 5) is 76.2. The number of benzene rings is 2. The summed E-state index contributed by atoms with van der Waals surface area (Å²) in [6.07, 6.45) is 0.448. The van der Waals surface area contributed by atoms with Crippen LogP contribution in [0.3, 0.4) is 0 Å². The van der Waals surface area contributed by atoms with Gasteiger partial charge in [0.15, 0.2) is 17.3 Å². The van der Waals surface area contributed by atoms with Gasteiger partial charge in [-0.1, -0.05) is 36.4 Å². The van der Waals surface area contributed by atoms with E-state index >= 15 is 0 Å². The summed E-state index contributed by atoms with van der Waals surface area (Å²) in [5, 5.41) is 4.98. The average Bonchev–Trinajstić information content (AvgIpc) is 3.48.